The van der Waals surface area contributed by atoms with E-state index >= 15 is 0 Å². The van der Waals surface area contributed by atoms with Crippen LogP contribution in [0.1, 0.15) is 25.3 Å². The van der Waals surface area contributed by atoms with E-state index in [4.69, 9.17) is 0 Å². The van der Waals surface area contributed by atoms with E-state index in [-0.39, 0.29) is 5.82 Å². The van der Waals surface area contributed by atoms with Crippen LogP contribution in [0, 0.1) is 12.7 Å². The molecule has 1 aliphatic heterocycles. The highest BCUT2D eigenvalue weighted by molar-refractivity contribution is 5.49. The van der Waals surface area contributed by atoms with Crippen molar-refractivity contribution in [2.24, 2.45) is 0 Å². The Morgan fingerprint density at radius 3 is 2.94 bits per heavy atom. The van der Waals surface area contributed by atoms with Crippen LogP contribution >= 0.6 is 0 Å². The van der Waals surface area contributed by atoms with Gasteiger partial charge in [-0.25, -0.2) is 4.39 Å². The fourth-order valence-corrected chi connectivity index (χ4v) is 2.36. The molecule has 1 unspecified atom stereocenters. The van der Waals surface area contributed by atoms with Crippen LogP contribution in [0.15, 0.2) is 18.2 Å². The Hall–Kier alpha value is -1.09. The molecule has 1 saturated heterocycles. The third kappa shape index (κ3) is 2.97. The van der Waals surface area contributed by atoms with Gasteiger partial charge in [0.15, 0.2) is 0 Å². The largest absolute Gasteiger partial charge is 0.370 e. The maximum atomic E-state index is 13.2. The summed E-state index contributed by atoms with van der Waals surface area (Å²) in [5.74, 6) is -0.117. The van der Waals surface area contributed by atoms with E-state index in [1.54, 1.807) is 6.07 Å². The summed E-state index contributed by atoms with van der Waals surface area (Å²) in [5.41, 5.74) is 1.87. The smallest absolute Gasteiger partial charge is 0.126 e. The van der Waals surface area contributed by atoms with Gasteiger partial charge in [-0.2, -0.15) is 0 Å². The zero-order valence-electron chi connectivity index (χ0n) is 10.7. The van der Waals surface area contributed by atoms with Gasteiger partial charge < -0.3 is 10.2 Å². The van der Waals surface area contributed by atoms with Crippen molar-refractivity contribution in [3.63, 3.8) is 0 Å². The van der Waals surface area contributed by atoms with Gasteiger partial charge in [0.2, 0.25) is 0 Å². The fraction of sp³-hybridized carbons (Fsp3) is 0.571. The van der Waals surface area contributed by atoms with Gasteiger partial charge in [-0.3, -0.25) is 0 Å². The van der Waals surface area contributed by atoms with Gasteiger partial charge in [-0.05, 0) is 43.5 Å². The molecule has 0 aliphatic carbocycles. The lowest BCUT2D eigenvalue weighted by Crippen LogP contribution is -2.30. The van der Waals surface area contributed by atoms with Crippen LogP contribution in [0.2, 0.25) is 0 Å². The average Bonchev–Trinajstić information content (AvgIpc) is 2.58. The van der Waals surface area contributed by atoms with Crippen LogP contribution < -0.4 is 10.2 Å². The summed E-state index contributed by atoms with van der Waals surface area (Å²) in [5, 5.41) is 3.54. The second-order valence-corrected chi connectivity index (χ2v) is 4.77. The van der Waals surface area contributed by atoms with E-state index < -0.39 is 0 Å². The third-order valence-corrected chi connectivity index (χ3v) is 3.56. The van der Waals surface area contributed by atoms with Gasteiger partial charge in [0.1, 0.15) is 5.82 Å². The lowest BCUT2D eigenvalue weighted by atomic mass is 10.1. The molecule has 2 rings (SSSR count). The van der Waals surface area contributed by atoms with Crippen LogP contribution in [0.3, 0.4) is 0 Å². The summed E-state index contributed by atoms with van der Waals surface area (Å²) in [6.07, 6.45) is 2.34. The molecule has 0 bridgehead atoms. The minimum absolute atomic E-state index is 0.117. The van der Waals surface area contributed by atoms with Gasteiger partial charge in [0, 0.05) is 31.4 Å². The van der Waals surface area contributed by atoms with Crippen LogP contribution in [-0.4, -0.2) is 25.7 Å². The van der Waals surface area contributed by atoms with Crippen molar-refractivity contribution in [3.05, 3.63) is 29.6 Å². The summed E-state index contributed by atoms with van der Waals surface area (Å²) in [4.78, 5) is 2.34. The quantitative estimate of drug-likeness (QED) is 0.849. The number of anilines is 1. The summed E-state index contributed by atoms with van der Waals surface area (Å²) in [6, 6.07) is 6.03. The Morgan fingerprint density at radius 1 is 1.41 bits per heavy atom. The molecule has 0 saturated carbocycles. The van der Waals surface area contributed by atoms with E-state index in [0.29, 0.717) is 6.04 Å². The number of benzene rings is 1. The van der Waals surface area contributed by atoms with Crippen LogP contribution in [0.25, 0.3) is 0 Å². The van der Waals surface area contributed by atoms with Crippen molar-refractivity contribution in [1.82, 2.24) is 5.32 Å². The molecular weight excluding hydrogens is 215 g/mol. The first kappa shape index (κ1) is 12.4. The van der Waals surface area contributed by atoms with E-state index in [0.717, 1.165) is 37.3 Å². The van der Waals surface area contributed by atoms with Gasteiger partial charge in [-0.1, -0.05) is 6.92 Å². The molecule has 1 aromatic rings. The molecule has 0 amide bonds. The topological polar surface area (TPSA) is 15.3 Å². The maximum Gasteiger partial charge on any atom is 0.126 e. The van der Waals surface area contributed by atoms with Crippen LogP contribution in [0.4, 0.5) is 10.1 Å². The second-order valence-electron chi connectivity index (χ2n) is 4.77. The zero-order valence-corrected chi connectivity index (χ0v) is 10.7. The van der Waals surface area contributed by atoms with Gasteiger partial charge in [0.25, 0.3) is 0 Å². The molecule has 1 N–H and O–H groups in total. The number of aryl methyl sites for hydroxylation is 1. The summed E-state index contributed by atoms with van der Waals surface area (Å²) in [6.45, 7) is 7.10. The molecule has 94 valence electrons. The molecule has 1 aromatic carbocycles. The van der Waals surface area contributed by atoms with E-state index in [9.17, 15) is 4.39 Å². The van der Waals surface area contributed by atoms with Crippen molar-refractivity contribution in [1.29, 1.82) is 0 Å². The lowest BCUT2D eigenvalue weighted by Gasteiger charge is -2.23. The molecule has 17 heavy (non-hydrogen) atoms. The summed E-state index contributed by atoms with van der Waals surface area (Å²) in [7, 11) is 0. The molecule has 1 heterocycles. The molecule has 2 nitrogen and oxygen atoms in total. The highest BCUT2D eigenvalue weighted by atomic mass is 19.1. The SMILES string of the molecule is CCC1CCN(c2ccc(F)c(C)c2)CCN1. The highest BCUT2D eigenvalue weighted by Gasteiger charge is 2.15. The second kappa shape index (κ2) is 5.50. The molecule has 0 aromatic heterocycles. The predicted octanol–water partition coefficient (Wildman–Crippen LogP) is 2.71. The number of rotatable bonds is 2. The molecule has 1 fully saturated rings. The Balaban J connectivity index is 2.08. The minimum atomic E-state index is -0.117. The monoisotopic (exact) mass is 236 g/mol. The highest BCUT2D eigenvalue weighted by Crippen LogP contribution is 2.20. The number of nitrogens with zero attached hydrogens (tertiary/aromatic N) is 1. The first-order valence-electron chi connectivity index (χ1n) is 6.45. The molecule has 0 radical (unpaired) electrons. The standard InChI is InChI=1S/C14H21FN2/c1-3-12-6-8-17(9-7-16-12)13-4-5-14(15)11(2)10-13/h4-5,10,12,16H,3,6-9H2,1-2H3. The Bertz CT molecular complexity index is 378. The number of hydrogen-bond donors (Lipinski definition) is 1. The Kier molecular flexibility index (Phi) is 4.00. The van der Waals surface area contributed by atoms with Gasteiger partial charge >= 0.3 is 0 Å². The Labute approximate surface area is 103 Å². The third-order valence-electron chi connectivity index (χ3n) is 3.56. The number of hydrogen-bond acceptors (Lipinski definition) is 2. The molecule has 1 aliphatic rings. The predicted molar refractivity (Wildman–Crippen MR) is 70.0 cm³/mol. The van der Waals surface area contributed by atoms with Crippen LogP contribution in [0.5, 0.6) is 0 Å². The van der Waals surface area contributed by atoms with Crippen molar-refractivity contribution < 1.29 is 4.39 Å². The molecule has 1 atom stereocenters. The van der Waals surface area contributed by atoms with Gasteiger partial charge in [-0.15, -0.1) is 0 Å². The van der Waals surface area contributed by atoms with Crippen molar-refractivity contribution in [3.8, 4) is 0 Å². The fourth-order valence-electron chi connectivity index (χ4n) is 2.36. The number of halogens is 1. The van der Waals surface area contributed by atoms with Crippen LogP contribution in [-0.2, 0) is 0 Å². The summed E-state index contributed by atoms with van der Waals surface area (Å²) < 4.78 is 13.2. The summed E-state index contributed by atoms with van der Waals surface area (Å²) >= 11 is 0. The molecule has 3 heteroatoms. The number of nitrogens with one attached hydrogen (secondary N) is 1. The normalized spacial score (nSPS) is 21.4. The van der Waals surface area contributed by atoms with Crippen molar-refractivity contribution in [2.45, 2.75) is 32.7 Å². The first-order chi connectivity index (χ1) is 8.20. The minimum Gasteiger partial charge on any atom is -0.370 e. The molecule has 0 spiro atoms. The lowest BCUT2D eigenvalue weighted by molar-refractivity contribution is 0.510. The molecular formula is C14H21FN2. The van der Waals surface area contributed by atoms with Crippen molar-refractivity contribution >= 4 is 5.69 Å². The van der Waals surface area contributed by atoms with Gasteiger partial charge in [0.05, 0.1) is 0 Å². The Morgan fingerprint density at radius 2 is 2.24 bits per heavy atom. The van der Waals surface area contributed by atoms with E-state index in [1.807, 2.05) is 19.1 Å². The average molecular weight is 236 g/mol. The van der Waals surface area contributed by atoms with E-state index in [1.165, 1.54) is 6.42 Å². The van der Waals surface area contributed by atoms with Crippen molar-refractivity contribution in [2.75, 3.05) is 24.5 Å². The zero-order chi connectivity index (χ0) is 12.3. The van der Waals surface area contributed by atoms with E-state index in [2.05, 4.69) is 17.1 Å². The first-order valence-corrected chi connectivity index (χ1v) is 6.45. The maximum absolute atomic E-state index is 13.2.